The zero-order valence-electron chi connectivity index (χ0n) is 15.2. The van der Waals surface area contributed by atoms with Gasteiger partial charge in [-0.2, -0.15) is 4.98 Å². The Labute approximate surface area is 160 Å². The SMILES string of the molecule is [C-]#[N+]c1ccc(Oc2ccc(COc3cc(OC)nc(=O)[nH]3)cc2F)cc1C. The van der Waals surface area contributed by atoms with Crippen LogP contribution >= 0.6 is 0 Å². The van der Waals surface area contributed by atoms with Crippen LogP contribution in [-0.2, 0) is 6.61 Å². The van der Waals surface area contributed by atoms with Crippen LogP contribution in [0.5, 0.6) is 23.3 Å². The van der Waals surface area contributed by atoms with Crippen molar-refractivity contribution >= 4 is 5.69 Å². The molecule has 0 spiro atoms. The third-order valence-corrected chi connectivity index (χ3v) is 3.81. The van der Waals surface area contributed by atoms with Crippen molar-refractivity contribution in [3.63, 3.8) is 0 Å². The molecule has 0 radical (unpaired) electrons. The average Bonchev–Trinajstić information content (AvgIpc) is 2.68. The molecule has 1 aromatic heterocycles. The Kier molecular flexibility index (Phi) is 5.56. The number of aromatic amines is 1. The number of nitrogens with zero attached hydrogens (tertiary/aromatic N) is 2. The maximum Gasteiger partial charge on any atom is 0.351 e. The lowest BCUT2D eigenvalue weighted by Gasteiger charge is -2.10. The molecule has 0 atom stereocenters. The lowest BCUT2D eigenvalue weighted by molar-refractivity contribution is 0.287. The molecule has 0 aliphatic carbocycles. The van der Waals surface area contributed by atoms with Crippen molar-refractivity contribution in [1.29, 1.82) is 0 Å². The van der Waals surface area contributed by atoms with E-state index < -0.39 is 11.5 Å². The summed E-state index contributed by atoms with van der Waals surface area (Å²) in [6, 6.07) is 10.8. The van der Waals surface area contributed by atoms with Crippen molar-refractivity contribution in [2.45, 2.75) is 13.5 Å². The summed E-state index contributed by atoms with van der Waals surface area (Å²) in [4.78, 5) is 20.8. The summed E-state index contributed by atoms with van der Waals surface area (Å²) in [5.41, 5.74) is 1.20. The maximum absolute atomic E-state index is 14.4. The van der Waals surface area contributed by atoms with E-state index in [1.807, 2.05) is 0 Å². The van der Waals surface area contributed by atoms with Crippen LogP contribution in [0.3, 0.4) is 0 Å². The lowest BCUT2D eigenvalue weighted by atomic mass is 10.2. The average molecular weight is 381 g/mol. The Morgan fingerprint density at radius 1 is 1.21 bits per heavy atom. The first-order valence-corrected chi connectivity index (χ1v) is 8.21. The molecule has 142 valence electrons. The van der Waals surface area contributed by atoms with Crippen molar-refractivity contribution < 1.29 is 18.6 Å². The van der Waals surface area contributed by atoms with Crippen molar-refractivity contribution in [3.8, 4) is 23.3 Å². The minimum Gasteiger partial charge on any atom is -0.481 e. The quantitative estimate of drug-likeness (QED) is 0.649. The number of benzene rings is 2. The summed E-state index contributed by atoms with van der Waals surface area (Å²) in [5.74, 6) is 0.210. The molecule has 0 aliphatic heterocycles. The molecule has 3 aromatic rings. The Morgan fingerprint density at radius 2 is 2.04 bits per heavy atom. The number of hydrogen-bond acceptors (Lipinski definition) is 5. The first kappa shape index (κ1) is 18.9. The second-order valence-corrected chi connectivity index (χ2v) is 5.81. The van der Waals surface area contributed by atoms with Crippen molar-refractivity contribution in [1.82, 2.24) is 9.97 Å². The van der Waals surface area contributed by atoms with Gasteiger partial charge in [-0.3, -0.25) is 4.98 Å². The molecule has 0 saturated carbocycles. The topological polar surface area (TPSA) is 77.8 Å². The summed E-state index contributed by atoms with van der Waals surface area (Å²) in [6.45, 7) is 8.87. The van der Waals surface area contributed by atoms with Gasteiger partial charge in [-0.15, -0.1) is 0 Å². The van der Waals surface area contributed by atoms with Crippen molar-refractivity contribution in [2.75, 3.05) is 7.11 Å². The van der Waals surface area contributed by atoms with Gasteiger partial charge in [0.05, 0.1) is 19.7 Å². The fraction of sp³-hybridized carbons (Fsp3) is 0.150. The molecule has 0 saturated heterocycles. The van der Waals surface area contributed by atoms with Crippen molar-refractivity contribution in [2.24, 2.45) is 0 Å². The van der Waals surface area contributed by atoms with Crippen LogP contribution in [0.4, 0.5) is 10.1 Å². The molecule has 0 fully saturated rings. The van der Waals surface area contributed by atoms with E-state index in [2.05, 4.69) is 14.8 Å². The predicted molar refractivity (Wildman–Crippen MR) is 99.7 cm³/mol. The number of methoxy groups -OCH3 is 1. The number of nitrogens with one attached hydrogen (secondary N) is 1. The zero-order valence-corrected chi connectivity index (χ0v) is 15.2. The summed E-state index contributed by atoms with van der Waals surface area (Å²) in [5, 5.41) is 0. The van der Waals surface area contributed by atoms with Gasteiger partial charge in [0.1, 0.15) is 12.4 Å². The molecule has 0 amide bonds. The largest absolute Gasteiger partial charge is 0.481 e. The smallest absolute Gasteiger partial charge is 0.351 e. The standard InChI is InChI=1S/C20H16FN3O4/c1-12-8-14(5-6-16(12)22-2)28-17-7-4-13(9-15(17)21)11-27-19-10-18(26-3)23-20(25)24-19/h4-10H,11H2,1,3H3,(H,23,24,25). The van der Waals surface area contributed by atoms with E-state index >= 15 is 0 Å². The van der Waals surface area contributed by atoms with Gasteiger partial charge in [0.15, 0.2) is 17.3 Å². The van der Waals surface area contributed by atoms with Crippen molar-refractivity contribution in [3.05, 3.63) is 81.3 Å². The highest BCUT2D eigenvalue weighted by Crippen LogP contribution is 2.29. The first-order valence-electron chi connectivity index (χ1n) is 8.21. The number of aromatic nitrogens is 2. The van der Waals surface area contributed by atoms with E-state index in [9.17, 15) is 9.18 Å². The number of hydrogen-bond donors (Lipinski definition) is 1. The third-order valence-electron chi connectivity index (χ3n) is 3.81. The molecule has 0 aliphatic rings. The molecule has 1 heterocycles. The Hall–Kier alpha value is -3.86. The normalized spacial score (nSPS) is 10.2. The van der Waals surface area contributed by atoms with Gasteiger partial charge in [-0.05, 0) is 42.3 Å². The summed E-state index contributed by atoms with van der Waals surface area (Å²) in [7, 11) is 1.39. The fourth-order valence-electron chi connectivity index (χ4n) is 2.42. The number of ether oxygens (including phenoxy) is 3. The molecule has 3 rings (SSSR count). The maximum atomic E-state index is 14.4. The molecule has 8 heteroatoms. The van der Waals surface area contributed by atoms with E-state index in [1.165, 1.54) is 25.3 Å². The number of halogens is 1. The van der Waals surface area contributed by atoms with Gasteiger partial charge in [0.25, 0.3) is 0 Å². The van der Waals surface area contributed by atoms with Crippen LogP contribution in [0.25, 0.3) is 4.85 Å². The minimum absolute atomic E-state index is 0.0269. The molecule has 2 aromatic carbocycles. The molecular weight excluding hydrogens is 365 g/mol. The number of aryl methyl sites for hydroxylation is 1. The molecule has 1 N–H and O–H groups in total. The summed E-state index contributed by atoms with van der Waals surface area (Å²) < 4.78 is 30.3. The first-order chi connectivity index (χ1) is 13.5. The van der Waals surface area contributed by atoms with Crippen LogP contribution in [0.1, 0.15) is 11.1 Å². The minimum atomic E-state index is -0.608. The molecule has 0 unspecified atom stereocenters. The number of H-pyrrole nitrogens is 1. The van der Waals surface area contributed by atoms with Crippen LogP contribution in [0, 0.1) is 19.3 Å². The van der Waals surface area contributed by atoms with Crippen LogP contribution in [0.15, 0.2) is 47.3 Å². The highest BCUT2D eigenvalue weighted by molar-refractivity contribution is 5.54. The lowest BCUT2D eigenvalue weighted by Crippen LogP contribution is -2.12. The second-order valence-electron chi connectivity index (χ2n) is 5.81. The molecular formula is C20H16FN3O4. The second kappa shape index (κ2) is 8.22. The van der Waals surface area contributed by atoms with E-state index in [1.54, 1.807) is 31.2 Å². The summed E-state index contributed by atoms with van der Waals surface area (Å²) >= 11 is 0. The van der Waals surface area contributed by atoms with Gasteiger partial charge in [0.2, 0.25) is 11.8 Å². The van der Waals surface area contributed by atoms with Gasteiger partial charge >= 0.3 is 5.69 Å². The monoisotopic (exact) mass is 381 g/mol. The molecule has 7 nitrogen and oxygen atoms in total. The fourth-order valence-corrected chi connectivity index (χ4v) is 2.42. The summed E-state index contributed by atoms with van der Waals surface area (Å²) in [6.07, 6.45) is 0. The van der Waals surface area contributed by atoms with E-state index in [0.717, 1.165) is 5.56 Å². The van der Waals surface area contributed by atoms with E-state index in [4.69, 9.17) is 20.8 Å². The van der Waals surface area contributed by atoms with E-state index in [0.29, 0.717) is 17.0 Å². The van der Waals surface area contributed by atoms with Gasteiger partial charge < -0.3 is 14.2 Å². The highest BCUT2D eigenvalue weighted by atomic mass is 19.1. The zero-order chi connectivity index (χ0) is 20.1. The van der Waals surface area contributed by atoms with Crippen LogP contribution < -0.4 is 19.9 Å². The Morgan fingerprint density at radius 3 is 2.71 bits per heavy atom. The van der Waals surface area contributed by atoms with E-state index in [-0.39, 0.29) is 24.1 Å². The molecule has 28 heavy (non-hydrogen) atoms. The Balaban J connectivity index is 1.70. The molecule has 0 bridgehead atoms. The Bertz CT molecular complexity index is 1110. The number of rotatable bonds is 6. The third kappa shape index (κ3) is 4.45. The predicted octanol–water partition coefficient (Wildman–Crippen LogP) is 4.15. The van der Waals surface area contributed by atoms with Gasteiger partial charge in [-0.1, -0.05) is 12.1 Å². The van der Waals surface area contributed by atoms with Crippen LogP contribution in [-0.4, -0.2) is 17.1 Å². The van der Waals surface area contributed by atoms with Gasteiger partial charge in [0, 0.05) is 0 Å². The highest BCUT2D eigenvalue weighted by Gasteiger charge is 2.09. The van der Waals surface area contributed by atoms with Gasteiger partial charge in [-0.25, -0.2) is 14.0 Å². The van der Waals surface area contributed by atoms with Crippen LogP contribution in [0.2, 0.25) is 0 Å².